The summed E-state index contributed by atoms with van der Waals surface area (Å²) >= 11 is 0.237. The Bertz CT molecular complexity index is 1790. The molecule has 0 N–H and O–H groups in total. The van der Waals surface area contributed by atoms with Gasteiger partial charge in [0.05, 0.1) is 0 Å². The minimum atomic E-state index is 0.0197. The zero-order valence-corrected chi connectivity index (χ0v) is 16.4. The number of nitrogens with zero attached hydrogens (tertiary/aromatic N) is 2. The van der Waals surface area contributed by atoms with Crippen LogP contribution in [0.2, 0.25) is 0 Å². The Balaban J connectivity index is 1.87. The average molecular weight is 423 g/mol. The second-order valence-corrected chi connectivity index (χ2v) is 9.46. The van der Waals surface area contributed by atoms with Gasteiger partial charge in [0.2, 0.25) is 0 Å². The van der Waals surface area contributed by atoms with Crippen LogP contribution in [0.25, 0.3) is 57.5 Å². The average Bonchev–Trinajstić information content (AvgIpc) is 3.13. The molecule has 0 amide bonds. The third-order valence-corrected chi connectivity index (χ3v) is 8.14. The van der Waals surface area contributed by atoms with E-state index in [1.165, 1.54) is 24.7 Å². The summed E-state index contributed by atoms with van der Waals surface area (Å²) in [6.45, 7) is 0. The standard InChI is InChI=1S/C24H12N2OSe/c27-24-16-11-12-20-22-14(13-5-1-4-8-19(13)28-20)9-10-15(21(16)22)23-25-17-6-2-3-7-18(17)26(23)24/h1-12H. The van der Waals surface area contributed by atoms with Gasteiger partial charge in [-0.05, 0) is 0 Å². The van der Waals surface area contributed by atoms with Crippen LogP contribution in [0.15, 0.2) is 77.6 Å². The number of para-hydroxylation sites is 2. The fourth-order valence-electron chi connectivity index (χ4n) is 4.57. The molecule has 0 aliphatic rings. The predicted molar refractivity (Wildman–Crippen MR) is 117 cm³/mol. The van der Waals surface area contributed by atoms with Gasteiger partial charge in [-0.25, -0.2) is 0 Å². The predicted octanol–water partition coefficient (Wildman–Crippen LogP) is 4.96. The minimum absolute atomic E-state index is 0.0197. The Hall–Kier alpha value is -3.20. The van der Waals surface area contributed by atoms with Crippen LogP contribution in [-0.2, 0) is 0 Å². The zero-order chi connectivity index (χ0) is 18.4. The fourth-order valence-corrected chi connectivity index (χ4v) is 6.92. The van der Waals surface area contributed by atoms with Crippen LogP contribution in [0.1, 0.15) is 0 Å². The maximum atomic E-state index is 13.5. The molecule has 7 rings (SSSR count). The monoisotopic (exact) mass is 424 g/mol. The van der Waals surface area contributed by atoms with Crippen molar-refractivity contribution < 1.29 is 0 Å². The van der Waals surface area contributed by atoms with Crippen molar-refractivity contribution in [2.45, 2.75) is 0 Å². The van der Waals surface area contributed by atoms with E-state index in [1.54, 1.807) is 4.40 Å². The molecule has 3 aromatic heterocycles. The van der Waals surface area contributed by atoms with Crippen LogP contribution < -0.4 is 5.56 Å². The number of benzene rings is 4. The summed E-state index contributed by atoms with van der Waals surface area (Å²) in [5, 5.41) is 6.67. The first-order valence-corrected chi connectivity index (χ1v) is 10.9. The molecule has 3 nitrogen and oxygen atoms in total. The molecule has 7 aromatic rings. The van der Waals surface area contributed by atoms with Crippen LogP contribution >= 0.6 is 0 Å². The normalized spacial score (nSPS) is 12.4. The topological polar surface area (TPSA) is 34.4 Å². The second-order valence-electron chi connectivity index (χ2n) is 7.18. The van der Waals surface area contributed by atoms with E-state index in [1.807, 2.05) is 30.3 Å². The van der Waals surface area contributed by atoms with Gasteiger partial charge < -0.3 is 0 Å². The van der Waals surface area contributed by atoms with Crippen LogP contribution in [-0.4, -0.2) is 23.9 Å². The third-order valence-electron chi connectivity index (χ3n) is 5.75. The zero-order valence-electron chi connectivity index (χ0n) is 14.6. The van der Waals surface area contributed by atoms with Crippen LogP contribution in [0, 0.1) is 0 Å². The molecule has 0 radical (unpaired) electrons. The molecule has 0 aliphatic heterocycles. The molecule has 3 heterocycles. The number of pyridine rings is 1. The Morgan fingerprint density at radius 2 is 1.46 bits per heavy atom. The summed E-state index contributed by atoms with van der Waals surface area (Å²) in [5.74, 6) is 0. The maximum absolute atomic E-state index is 13.5. The molecule has 130 valence electrons. The molecule has 0 saturated carbocycles. The van der Waals surface area contributed by atoms with E-state index in [0.717, 1.165) is 32.8 Å². The first-order chi connectivity index (χ1) is 13.8. The van der Waals surface area contributed by atoms with Crippen LogP contribution in [0.4, 0.5) is 0 Å². The fraction of sp³-hybridized carbons (Fsp3) is 0. The van der Waals surface area contributed by atoms with Gasteiger partial charge in [0, 0.05) is 0 Å². The van der Waals surface area contributed by atoms with Gasteiger partial charge in [0.15, 0.2) is 0 Å². The van der Waals surface area contributed by atoms with E-state index in [2.05, 4.69) is 42.5 Å². The van der Waals surface area contributed by atoms with Crippen molar-refractivity contribution in [2.75, 3.05) is 0 Å². The Kier molecular flexibility index (Phi) is 2.64. The third kappa shape index (κ3) is 1.66. The number of hydrogen-bond acceptors (Lipinski definition) is 2. The molecule has 0 aliphatic carbocycles. The van der Waals surface area contributed by atoms with Gasteiger partial charge in [-0.2, -0.15) is 0 Å². The van der Waals surface area contributed by atoms with Gasteiger partial charge in [-0.3, -0.25) is 0 Å². The van der Waals surface area contributed by atoms with Gasteiger partial charge in [-0.15, -0.1) is 0 Å². The number of hydrogen-bond donors (Lipinski definition) is 0. The van der Waals surface area contributed by atoms with Crippen molar-refractivity contribution >= 4 is 72.0 Å². The molecule has 28 heavy (non-hydrogen) atoms. The van der Waals surface area contributed by atoms with Crippen LogP contribution in [0.5, 0.6) is 0 Å². The Labute approximate surface area is 164 Å². The van der Waals surface area contributed by atoms with E-state index in [-0.39, 0.29) is 20.1 Å². The van der Waals surface area contributed by atoms with E-state index in [4.69, 9.17) is 4.98 Å². The number of fused-ring (bicyclic) bond motifs is 6. The summed E-state index contributed by atoms with van der Waals surface area (Å²) in [7, 11) is 0. The van der Waals surface area contributed by atoms with Gasteiger partial charge in [0.25, 0.3) is 0 Å². The molecular formula is C24H12N2OSe. The van der Waals surface area contributed by atoms with Gasteiger partial charge >= 0.3 is 165 Å². The summed E-state index contributed by atoms with van der Waals surface area (Å²) in [4.78, 5) is 18.3. The Morgan fingerprint density at radius 1 is 0.679 bits per heavy atom. The van der Waals surface area contributed by atoms with Crippen LogP contribution in [0.3, 0.4) is 0 Å². The summed E-state index contributed by atoms with van der Waals surface area (Å²) in [6, 6.07) is 25.0. The quantitative estimate of drug-likeness (QED) is 0.196. The van der Waals surface area contributed by atoms with Gasteiger partial charge in [-0.1, -0.05) is 0 Å². The van der Waals surface area contributed by atoms with Crippen molar-refractivity contribution in [3.63, 3.8) is 0 Å². The molecule has 0 atom stereocenters. The molecule has 0 spiro atoms. The van der Waals surface area contributed by atoms with Crippen molar-refractivity contribution in [3.05, 3.63) is 83.2 Å². The number of imidazole rings is 1. The Morgan fingerprint density at radius 3 is 2.43 bits per heavy atom. The molecular weight excluding hydrogens is 411 g/mol. The number of aromatic nitrogens is 2. The molecule has 0 saturated heterocycles. The molecule has 0 fully saturated rings. The first-order valence-electron chi connectivity index (χ1n) is 9.21. The molecule has 0 unspecified atom stereocenters. The van der Waals surface area contributed by atoms with Gasteiger partial charge in [0.1, 0.15) is 0 Å². The van der Waals surface area contributed by atoms with Crippen molar-refractivity contribution in [1.82, 2.24) is 9.38 Å². The summed E-state index contributed by atoms with van der Waals surface area (Å²) in [5.41, 5.74) is 2.51. The van der Waals surface area contributed by atoms with Crippen molar-refractivity contribution in [2.24, 2.45) is 0 Å². The molecule has 0 bridgehead atoms. The number of rotatable bonds is 0. The van der Waals surface area contributed by atoms with E-state index in [9.17, 15) is 4.79 Å². The molecule has 4 aromatic carbocycles. The SMILES string of the molecule is O=c1c2ccc3[se]c4ccccc4c4ccc(c2c34)c2nc3ccccc3n12. The van der Waals surface area contributed by atoms with E-state index in [0.29, 0.717) is 0 Å². The second kappa shape index (κ2) is 4.99. The van der Waals surface area contributed by atoms with E-state index < -0.39 is 0 Å². The summed E-state index contributed by atoms with van der Waals surface area (Å²) < 4.78 is 4.52. The first kappa shape index (κ1) is 14.8. The van der Waals surface area contributed by atoms with E-state index >= 15 is 0 Å². The summed E-state index contributed by atoms with van der Waals surface area (Å²) in [6.07, 6.45) is 0. The molecule has 4 heteroatoms. The van der Waals surface area contributed by atoms with Crippen molar-refractivity contribution in [1.29, 1.82) is 0 Å². The van der Waals surface area contributed by atoms with Crippen molar-refractivity contribution in [3.8, 4) is 0 Å².